The molecule has 0 bridgehead atoms. The lowest BCUT2D eigenvalue weighted by Crippen LogP contribution is -2.55. The number of benzene rings is 1. The quantitative estimate of drug-likeness (QED) is 0.689. The minimum absolute atomic E-state index is 0.00358. The van der Waals surface area contributed by atoms with Crippen LogP contribution in [0.2, 0.25) is 5.02 Å². The van der Waals surface area contributed by atoms with Gasteiger partial charge in [-0.3, -0.25) is 4.79 Å². The minimum Gasteiger partial charge on any atom is -0.507 e. The highest BCUT2D eigenvalue weighted by Gasteiger charge is 2.40. The average molecular weight is 477 g/mol. The first kappa shape index (κ1) is 22.2. The van der Waals surface area contributed by atoms with E-state index >= 15 is 0 Å². The highest BCUT2D eigenvalue weighted by atomic mass is 35.5. The number of ether oxygens (including phenoxy) is 2. The molecule has 0 aliphatic carbocycles. The number of nitrogens with zero attached hydrogens (tertiary/aromatic N) is 3. The summed E-state index contributed by atoms with van der Waals surface area (Å²) >= 11 is 6.73. The van der Waals surface area contributed by atoms with E-state index in [1.54, 1.807) is 4.90 Å². The SMILES string of the molecule is C[C@@H]1COC[C@H](C)N1c1nc(-c2c(O)cccc2F)c(Cl)c2c1C(=O)N1CCNC[C@@H]1CO2. The Kier molecular flexibility index (Phi) is 5.80. The summed E-state index contributed by atoms with van der Waals surface area (Å²) in [6.45, 7) is 6.93. The zero-order valence-electron chi connectivity index (χ0n) is 18.5. The molecule has 10 heteroatoms. The molecule has 0 radical (unpaired) electrons. The fourth-order valence-electron chi connectivity index (χ4n) is 4.88. The van der Waals surface area contributed by atoms with Crippen molar-refractivity contribution in [1.29, 1.82) is 0 Å². The summed E-state index contributed by atoms with van der Waals surface area (Å²) in [5.41, 5.74) is 0.182. The molecular weight excluding hydrogens is 451 g/mol. The number of hydrogen-bond donors (Lipinski definition) is 2. The number of amides is 1. The van der Waals surface area contributed by atoms with E-state index in [2.05, 4.69) is 5.32 Å². The lowest BCUT2D eigenvalue weighted by atomic mass is 10.0. The molecule has 1 aromatic heterocycles. The van der Waals surface area contributed by atoms with Gasteiger partial charge < -0.3 is 29.7 Å². The number of fused-ring (bicyclic) bond motifs is 2. The second-order valence-electron chi connectivity index (χ2n) is 8.75. The molecule has 0 saturated carbocycles. The summed E-state index contributed by atoms with van der Waals surface area (Å²) in [7, 11) is 0. The van der Waals surface area contributed by atoms with Gasteiger partial charge in [0.25, 0.3) is 5.91 Å². The largest absolute Gasteiger partial charge is 0.507 e. The first-order valence-corrected chi connectivity index (χ1v) is 11.5. The molecule has 2 N–H and O–H groups in total. The van der Waals surface area contributed by atoms with Crippen LogP contribution in [0.3, 0.4) is 0 Å². The van der Waals surface area contributed by atoms with E-state index in [4.69, 9.17) is 26.1 Å². The number of halogens is 2. The average Bonchev–Trinajstić information content (AvgIpc) is 2.93. The number of carbonyl (C=O) groups excluding carboxylic acids is 1. The van der Waals surface area contributed by atoms with Crippen LogP contribution in [-0.4, -0.2) is 78.5 Å². The molecule has 2 aromatic rings. The Morgan fingerprint density at radius 1 is 1.21 bits per heavy atom. The maximum Gasteiger partial charge on any atom is 0.261 e. The van der Waals surface area contributed by atoms with Gasteiger partial charge in [-0.2, -0.15) is 0 Å². The number of phenols is 1. The Morgan fingerprint density at radius 3 is 2.70 bits per heavy atom. The van der Waals surface area contributed by atoms with Crippen molar-refractivity contribution in [2.24, 2.45) is 0 Å². The van der Waals surface area contributed by atoms with Crippen LogP contribution >= 0.6 is 11.6 Å². The summed E-state index contributed by atoms with van der Waals surface area (Å²) in [5, 5.41) is 13.7. The molecule has 3 atom stereocenters. The van der Waals surface area contributed by atoms with Crippen molar-refractivity contribution in [3.63, 3.8) is 0 Å². The number of hydrogen-bond acceptors (Lipinski definition) is 7. The lowest BCUT2D eigenvalue weighted by Gasteiger charge is -2.41. The zero-order chi connectivity index (χ0) is 23.3. The van der Waals surface area contributed by atoms with Crippen LogP contribution in [0.1, 0.15) is 24.2 Å². The van der Waals surface area contributed by atoms with Gasteiger partial charge in [-0.15, -0.1) is 0 Å². The van der Waals surface area contributed by atoms with Crippen molar-refractivity contribution in [3.05, 3.63) is 34.6 Å². The lowest BCUT2D eigenvalue weighted by molar-refractivity contribution is 0.0602. The van der Waals surface area contributed by atoms with Gasteiger partial charge in [0.2, 0.25) is 0 Å². The van der Waals surface area contributed by atoms with Gasteiger partial charge in [0, 0.05) is 19.6 Å². The molecule has 176 valence electrons. The standard InChI is InChI=1S/C23H26ClFN4O4/c1-12-9-32-10-13(2)29(12)22-18-21(33-11-14-8-26-6-7-28(14)23(18)31)19(24)20(27-22)17-15(25)4-3-5-16(17)30/h3-5,12-14,26,30H,6-11H2,1-2H3/t12-,13+,14-/m1/s1. The van der Waals surface area contributed by atoms with Crippen LogP contribution in [-0.2, 0) is 4.74 Å². The van der Waals surface area contributed by atoms with Gasteiger partial charge in [0.1, 0.15) is 40.3 Å². The predicted octanol–water partition coefficient (Wildman–Crippen LogP) is 2.67. The van der Waals surface area contributed by atoms with Crippen molar-refractivity contribution >= 4 is 23.3 Å². The molecule has 0 unspecified atom stereocenters. The second-order valence-corrected chi connectivity index (χ2v) is 9.12. The number of aromatic nitrogens is 1. The number of anilines is 1. The molecule has 33 heavy (non-hydrogen) atoms. The molecule has 1 aromatic carbocycles. The third-order valence-electron chi connectivity index (χ3n) is 6.46. The Bertz CT molecular complexity index is 1070. The number of carbonyl (C=O) groups is 1. The molecular formula is C23H26ClFN4O4. The summed E-state index contributed by atoms with van der Waals surface area (Å²) in [6, 6.07) is 3.67. The summed E-state index contributed by atoms with van der Waals surface area (Å²) in [6.07, 6.45) is 0. The monoisotopic (exact) mass is 476 g/mol. The fraction of sp³-hybridized carbons (Fsp3) is 0.478. The van der Waals surface area contributed by atoms with Crippen LogP contribution in [0.5, 0.6) is 11.5 Å². The van der Waals surface area contributed by atoms with Crippen LogP contribution in [0.15, 0.2) is 18.2 Å². The van der Waals surface area contributed by atoms with Gasteiger partial charge in [0.15, 0.2) is 5.75 Å². The maximum absolute atomic E-state index is 14.9. The summed E-state index contributed by atoms with van der Waals surface area (Å²) in [4.78, 5) is 22.3. The fourth-order valence-corrected chi connectivity index (χ4v) is 5.17. The Morgan fingerprint density at radius 2 is 1.97 bits per heavy atom. The number of piperazine rings is 1. The molecule has 2 saturated heterocycles. The third-order valence-corrected chi connectivity index (χ3v) is 6.81. The van der Waals surface area contributed by atoms with Gasteiger partial charge >= 0.3 is 0 Å². The first-order valence-electron chi connectivity index (χ1n) is 11.1. The first-order chi connectivity index (χ1) is 15.9. The molecule has 4 heterocycles. The van der Waals surface area contributed by atoms with Gasteiger partial charge in [-0.25, -0.2) is 9.37 Å². The van der Waals surface area contributed by atoms with Crippen molar-refractivity contribution in [3.8, 4) is 22.8 Å². The molecule has 8 nitrogen and oxygen atoms in total. The van der Waals surface area contributed by atoms with Crippen LogP contribution in [0.4, 0.5) is 10.2 Å². The summed E-state index contributed by atoms with van der Waals surface area (Å²) in [5.74, 6) is -0.641. The van der Waals surface area contributed by atoms with Crippen molar-refractivity contribution in [2.75, 3.05) is 44.4 Å². The van der Waals surface area contributed by atoms with E-state index in [1.165, 1.54) is 18.2 Å². The normalized spacial score (nSPS) is 25.2. The van der Waals surface area contributed by atoms with Crippen LogP contribution in [0.25, 0.3) is 11.3 Å². The van der Waals surface area contributed by atoms with Gasteiger partial charge in [-0.05, 0) is 26.0 Å². The van der Waals surface area contributed by atoms with Crippen molar-refractivity contribution < 1.29 is 23.8 Å². The van der Waals surface area contributed by atoms with Gasteiger partial charge in [0.05, 0.1) is 36.9 Å². The highest BCUT2D eigenvalue weighted by molar-refractivity contribution is 6.35. The van der Waals surface area contributed by atoms with Crippen LogP contribution in [0, 0.1) is 5.82 Å². The maximum atomic E-state index is 14.9. The van der Waals surface area contributed by atoms with Crippen molar-refractivity contribution in [1.82, 2.24) is 15.2 Å². The Balaban J connectivity index is 1.77. The number of rotatable bonds is 2. The zero-order valence-corrected chi connectivity index (χ0v) is 19.2. The summed E-state index contributed by atoms with van der Waals surface area (Å²) < 4.78 is 26.7. The van der Waals surface area contributed by atoms with E-state index < -0.39 is 5.82 Å². The van der Waals surface area contributed by atoms with E-state index in [9.17, 15) is 14.3 Å². The Labute approximate surface area is 196 Å². The Hall–Kier alpha value is -2.62. The topological polar surface area (TPSA) is 87.2 Å². The van der Waals surface area contributed by atoms with E-state index in [1.807, 2.05) is 18.7 Å². The number of pyridine rings is 1. The highest BCUT2D eigenvalue weighted by Crippen LogP contribution is 2.46. The van der Waals surface area contributed by atoms with Crippen molar-refractivity contribution in [2.45, 2.75) is 32.0 Å². The number of nitrogens with one attached hydrogen (secondary N) is 1. The van der Waals surface area contributed by atoms with Gasteiger partial charge in [-0.1, -0.05) is 17.7 Å². The number of phenolic OH excluding ortho intramolecular Hbond substituents is 1. The molecule has 5 rings (SSSR count). The molecule has 2 fully saturated rings. The smallest absolute Gasteiger partial charge is 0.261 e. The van der Waals surface area contributed by atoms with E-state index in [0.29, 0.717) is 38.7 Å². The molecule has 0 spiro atoms. The van der Waals surface area contributed by atoms with E-state index in [-0.39, 0.29) is 64.0 Å². The number of aromatic hydroxyl groups is 1. The molecule has 3 aliphatic heterocycles. The number of morpholine rings is 1. The van der Waals surface area contributed by atoms with Crippen LogP contribution < -0.4 is 15.0 Å². The second kappa shape index (κ2) is 8.62. The molecule has 1 amide bonds. The minimum atomic E-state index is -0.667. The molecule has 3 aliphatic rings. The third kappa shape index (κ3) is 3.68. The predicted molar refractivity (Wildman–Crippen MR) is 122 cm³/mol. The van der Waals surface area contributed by atoms with E-state index in [0.717, 1.165) is 0 Å².